The predicted molar refractivity (Wildman–Crippen MR) is 79.3 cm³/mol. The van der Waals surface area contributed by atoms with Crippen molar-refractivity contribution < 1.29 is 4.74 Å². The zero-order chi connectivity index (χ0) is 12.1. The molecule has 1 N–H and O–H groups in total. The minimum absolute atomic E-state index is 0.308. The number of benzene rings is 1. The van der Waals surface area contributed by atoms with Crippen LogP contribution >= 0.6 is 22.6 Å². The second-order valence-electron chi connectivity index (χ2n) is 4.89. The molecule has 0 radical (unpaired) electrons. The molecule has 0 aliphatic carbocycles. The molecule has 0 saturated carbocycles. The molecule has 0 aromatic heterocycles. The first-order chi connectivity index (χ1) is 8.24. The third-order valence-electron chi connectivity index (χ3n) is 3.43. The molecule has 1 saturated heterocycles. The molecule has 3 heteroatoms. The van der Waals surface area contributed by atoms with Crippen molar-refractivity contribution in [3.05, 3.63) is 33.4 Å². The maximum Gasteiger partial charge on any atom is 0.0538 e. The highest BCUT2D eigenvalue weighted by molar-refractivity contribution is 14.1. The summed E-state index contributed by atoms with van der Waals surface area (Å²) in [6, 6.07) is 8.86. The van der Waals surface area contributed by atoms with Gasteiger partial charge in [-0.2, -0.15) is 0 Å². The molecule has 1 fully saturated rings. The summed E-state index contributed by atoms with van der Waals surface area (Å²) in [6.07, 6.45) is 2.29. The molecular weight excluding hydrogens is 325 g/mol. The Labute approximate surface area is 117 Å². The van der Waals surface area contributed by atoms with Crippen molar-refractivity contribution in [1.82, 2.24) is 5.32 Å². The monoisotopic (exact) mass is 345 g/mol. The fourth-order valence-corrected chi connectivity index (χ4v) is 2.78. The predicted octanol–water partition coefficient (Wildman–Crippen LogP) is 2.85. The van der Waals surface area contributed by atoms with Crippen LogP contribution in [-0.4, -0.2) is 26.3 Å². The minimum atomic E-state index is 0.308. The van der Waals surface area contributed by atoms with Crippen LogP contribution in [0, 0.1) is 8.99 Å². The molecule has 94 valence electrons. The molecule has 1 aromatic carbocycles. The zero-order valence-corrected chi connectivity index (χ0v) is 12.5. The number of nitrogens with one attached hydrogen (secondary N) is 1. The summed E-state index contributed by atoms with van der Waals surface area (Å²) in [5.74, 6) is 0. The Morgan fingerprint density at radius 1 is 1.35 bits per heavy atom. The molecule has 0 spiro atoms. The van der Waals surface area contributed by atoms with Gasteiger partial charge in [0.2, 0.25) is 0 Å². The van der Waals surface area contributed by atoms with Gasteiger partial charge < -0.3 is 10.1 Å². The van der Waals surface area contributed by atoms with Crippen LogP contribution in [0.4, 0.5) is 0 Å². The lowest BCUT2D eigenvalue weighted by molar-refractivity contribution is 0.149. The van der Waals surface area contributed by atoms with Crippen LogP contribution in [0.5, 0.6) is 0 Å². The van der Waals surface area contributed by atoms with Gasteiger partial charge in [0.15, 0.2) is 0 Å². The summed E-state index contributed by atoms with van der Waals surface area (Å²) in [6.45, 7) is 6.07. The fraction of sp³-hybridized carbons (Fsp3) is 0.571. The molecule has 2 nitrogen and oxygen atoms in total. The van der Waals surface area contributed by atoms with Gasteiger partial charge >= 0.3 is 0 Å². The van der Waals surface area contributed by atoms with Crippen LogP contribution in [0.25, 0.3) is 0 Å². The van der Waals surface area contributed by atoms with E-state index in [1.165, 1.54) is 15.6 Å². The van der Waals surface area contributed by atoms with Gasteiger partial charge in [-0.3, -0.25) is 0 Å². The van der Waals surface area contributed by atoms with E-state index in [1.807, 2.05) is 0 Å². The van der Waals surface area contributed by atoms with Crippen molar-refractivity contribution in [3.63, 3.8) is 0 Å². The number of halogens is 1. The van der Waals surface area contributed by atoms with Crippen LogP contribution in [0.1, 0.15) is 18.9 Å². The third kappa shape index (κ3) is 3.66. The number of hydrogen-bond donors (Lipinski definition) is 1. The average Bonchev–Trinajstić information content (AvgIpc) is 2.79. The molecule has 2 rings (SSSR count). The molecule has 1 aliphatic rings. The SMILES string of the molecule is CCNCC1(Cc2ccc(I)cc2)CCOC1. The maximum atomic E-state index is 5.61. The van der Waals surface area contributed by atoms with E-state index >= 15 is 0 Å². The van der Waals surface area contributed by atoms with Gasteiger partial charge in [-0.15, -0.1) is 0 Å². The number of rotatable bonds is 5. The quantitative estimate of drug-likeness (QED) is 0.829. The van der Waals surface area contributed by atoms with Crippen LogP contribution < -0.4 is 5.32 Å². The van der Waals surface area contributed by atoms with Crippen molar-refractivity contribution in [2.45, 2.75) is 19.8 Å². The summed E-state index contributed by atoms with van der Waals surface area (Å²) in [7, 11) is 0. The summed E-state index contributed by atoms with van der Waals surface area (Å²) in [4.78, 5) is 0. The zero-order valence-electron chi connectivity index (χ0n) is 10.3. The Morgan fingerprint density at radius 3 is 2.71 bits per heavy atom. The number of hydrogen-bond acceptors (Lipinski definition) is 2. The smallest absolute Gasteiger partial charge is 0.0538 e. The van der Waals surface area contributed by atoms with Gasteiger partial charge in [0.1, 0.15) is 0 Å². The minimum Gasteiger partial charge on any atom is -0.381 e. The van der Waals surface area contributed by atoms with Gasteiger partial charge in [-0.25, -0.2) is 0 Å². The summed E-state index contributed by atoms with van der Waals surface area (Å²) >= 11 is 2.35. The highest BCUT2D eigenvalue weighted by Gasteiger charge is 2.34. The van der Waals surface area contributed by atoms with Gasteiger partial charge in [-0.1, -0.05) is 19.1 Å². The first-order valence-electron chi connectivity index (χ1n) is 6.27. The molecule has 1 unspecified atom stereocenters. The van der Waals surface area contributed by atoms with Crippen molar-refractivity contribution in [1.29, 1.82) is 0 Å². The first-order valence-corrected chi connectivity index (χ1v) is 7.35. The van der Waals surface area contributed by atoms with E-state index in [2.05, 4.69) is 59.1 Å². The Hall–Kier alpha value is -0.130. The van der Waals surface area contributed by atoms with E-state index in [0.29, 0.717) is 5.41 Å². The lowest BCUT2D eigenvalue weighted by Crippen LogP contribution is -2.36. The van der Waals surface area contributed by atoms with E-state index in [-0.39, 0.29) is 0 Å². The van der Waals surface area contributed by atoms with Crippen molar-refractivity contribution in [2.75, 3.05) is 26.3 Å². The van der Waals surface area contributed by atoms with Crippen LogP contribution in [0.2, 0.25) is 0 Å². The van der Waals surface area contributed by atoms with Gasteiger partial charge in [0.05, 0.1) is 6.61 Å². The molecule has 1 atom stereocenters. The van der Waals surface area contributed by atoms with Crippen LogP contribution in [0.15, 0.2) is 24.3 Å². The fourth-order valence-electron chi connectivity index (χ4n) is 2.42. The maximum absolute atomic E-state index is 5.61. The molecule has 1 aromatic rings. The summed E-state index contributed by atoms with van der Waals surface area (Å²) < 4.78 is 6.91. The molecule has 0 bridgehead atoms. The number of ether oxygens (including phenoxy) is 1. The third-order valence-corrected chi connectivity index (χ3v) is 4.15. The van der Waals surface area contributed by atoms with Gasteiger partial charge in [0, 0.05) is 22.1 Å². The average molecular weight is 345 g/mol. The largest absolute Gasteiger partial charge is 0.381 e. The van der Waals surface area contributed by atoms with E-state index < -0.39 is 0 Å². The topological polar surface area (TPSA) is 21.3 Å². The van der Waals surface area contributed by atoms with Gasteiger partial charge in [-0.05, 0) is 59.7 Å². The van der Waals surface area contributed by atoms with Gasteiger partial charge in [0.25, 0.3) is 0 Å². The van der Waals surface area contributed by atoms with Crippen LogP contribution in [-0.2, 0) is 11.2 Å². The van der Waals surface area contributed by atoms with Crippen molar-refractivity contribution in [2.24, 2.45) is 5.41 Å². The highest BCUT2D eigenvalue weighted by Crippen LogP contribution is 2.32. The van der Waals surface area contributed by atoms with Crippen molar-refractivity contribution in [3.8, 4) is 0 Å². The van der Waals surface area contributed by atoms with E-state index in [9.17, 15) is 0 Å². The molecule has 17 heavy (non-hydrogen) atoms. The Bertz CT molecular complexity index is 344. The van der Waals surface area contributed by atoms with E-state index in [0.717, 1.165) is 32.7 Å². The van der Waals surface area contributed by atoms with Crippen molar-refractivity contribution >= 4 is 22.6 Å². The second kappa shape index (κ2) is 6.16. The molecular formula is C14H20INO. The lowest BCUT2D eigenvalue weighted by Gasteiger charge is -2.27. The Balaban J connectivity index is 2.04. The summed E-state index contributed by atoms with van der Waals surface area (Å²) in [5.41, 5.74) is 1.73. The lowest BCUT2D eigenvalue weighted by atomic mass is 9.81. The molecule has 0 amide bonds. The Kier molecular flexibility index (Phi) is 4.82. The Morgan fingerprint density at radius 2 is 2.12 bits per heavy atom. The summed E-state index contributed by atoms with van der Waals surface area (Å²) in [5, 5.41) is 3.48. The standard InChI is InChI=1S/C14H20INO/c1-2-16-10-14(7-8-17-11-14)9-12-3-5-13(15)6-4-12/h3-6,16H,2,7-11H2,1H3. The highest BCUT2D eigenvalue weighted by atomic mass is 127. The normalized spacial score (nSPS) is 24.1. The first kappa shape index (κ1) is 13.3. The molecule has 1 heterocycles. The van der Waals surface area contributed by atoms with E-state index in [1.54, 1.807) is 0 Å². The molecule has 1 aliphatic heterocycles. The van der Waals surface area contributed by atoms with E-state index in [4.69, 9.17) is 4.74 Å². The second-order valence-corrected chi connectivity index (χ2v) is 6.13. The van der Waals surface area contributed by atoms with Crippen LogP contribution in [0.3, 0.4) is 0 Å².